The van der Waals surface area contributed by atoms with Crippen LogP contribution in [0.4, 0.5) is 15.3 Å². The molecule has 32 heavy (non-hydrogen) atoms. The molecule has 2 heterocycles. The monoisotopic (exact) mass is 433 g/mol. The molecule has 0 aliphatic carbocycles. The number of nitrogens with two attached hydrogens (primary N) is 2. The maximum Gasteiger partial charge on any atom is 0.323 e. The molecule has 8 heteroatoms. The summed E-state index contributed by atoms with van der Waals surface area (Å²) in [6.07, 6.45) is 2.89. The van der Waals surface area contributed by atoms with Crippen LogP contribution in [0.25, 0.3) is 10.9 Å². The van der Waals surface area contributed by atoms with Gasteiger partial charge in [0, 0.05) is 30.6 Å². The Labute approximate surface area is 186 Å². The van der Waals surface area contributed by atoms with Crippen molar-refractivity contribution in [1.29, 1.82) is 0 Å². The van der Waals surface area contributed by atoms with E-state index < -0.39 is 18.1 Å². The van der Waals surface area contributed by atoms with E-state index in [4.69, 9.17) is 11.5 Å². The Morgan fingerprint density at radius 3 is 2.66 bits per heavy atom. The van der Waals surface area contributed by atoms with Crippen molar-refractivity contribution in [2.24, 2.45) is 11.5 Å². The number of aromatic nitrogens is 1. The van der Waals surface area contributed by atoms with Crippen molar-refractivity contribution in [2.75, 3.05) is 11.9 Å². The summed E-state index contributed by atoms with van der Waals surface area (Å²) in [6.45, 7) is 2.31. The molecular formula is C24H27N5O3. The topological polar surface area (TPSA) is 123 Å². The Morgan fingerprint density at radius 1 is 1.12 bits per heavy atom. The lowest BCUT2D eigenvalue weighted by Gasteiger charge is -2.23. The number of urea groups is 1. The standard InChI is InChI=1S/C24H27N5O3/c1-15-5-4-6-16(11-15)9-10-22(30)21-12-17(25)13-29(21)24(32)27-19-14-28(23(26)31)20-8-3-2-7-18(19)20/h2-8,11,14,17,21H,9-10,12-13,25H2,1H3,(H2,26,31)(H,27,32)/t17-,21-/m0/s1. The van der Waals surface area contributed by atoms with E-state index in [0.29, 0.717) is 42.4 Å². The summed E-state index contributed by atoms with van der Waals surface area (Å²) < 4.78 is 1.28. The summed E-state index contributed by atoms with van der Waals surface area (Å²) >= 11 is 0. The number of amides is 3. The smallest absolute Gasteiger partial charge is 0.323 e. The van der Waals surface area contributed by atoms with Gasteiger partial charge in [-0.1, -0.05) is 48.0 Å². The van der Waals surface area contributed by atoms with Crippen LogP contribution in [0.15, 0.2) is 54.7 Å². The zero-order valence-electron chi connectivity index (χ0n) is 18.0. The number of ketones is 1. The Hall–Kier alpha value is -3.65. The maximum atomic E-state index is 13.1. The number of carbonyl (C=O) groups is 3. The lowest BCUT2D eigenvalue weighted by atomic mass is 10.0. The quantitative estimate of drug-likeness (QED) is 0.572. The summed E-state index contributed by atoms with van der Waals surface area (Å²) in [4.78, 5) is 39.3. The molecule has 0 spiro atoms. The molecule has 0 unspecified atom stereocenters. The highest BCUT2D eigenvalue weighted by Gasteiger charge is 2.38. The highest BCUT2D eigenvalue weighted by Crippen LogP contribution is 2.27. The molecule has 0 radical (unpaired) electrons. The van der Waals surface area contributed by atoms with Crippen molar-refractivity contribution in [2.45, 2.75) is 38.3 Å². The number of primary amides is 1. The van der Waals surface area contributed by atoms with Crippen LogP contribution in [-0.2, 0) is 11.2 Å². The summed E-state index contributed by atoms with van der Waals surface area (Å²) in [7, 11) is 0. The van der Waals surface area contributed by atoms with Gasteiger partial charge in [0.05, 0.1) is 17.2 Å². The van der Waals surface area contributed by atoms with Crippen molar-refractivity contribution in [3.63, 3.8) is 0 Å². The number of fused-ring (bicyclic) bond motifs is 1. The fraction of sp³-hybridized carbons (Fsp3) is 0.292. The van der Waals surface area contributed by atoms with Gasteiger partial charge in [-0.3, -0.25) is 9.36 Å². The summed E-state index contributed by atoms with van der Waals surface area (Å²) in [5, 5.41) is 3.53. The van der Waals surface area contributed by atoms with Gasteiger partial charge in [0.1, 0.15) is 0 Å². The van der Waals surface area contributed by atoms with E-state index in [2.05, 4.69) is 11.4 Å². The van der Waals surface area contributed by atoms with Crippen molar-refractivity contribution < 1.29 is 14.4 Å². The molecule has 3 amide bonds. The number of nitrogens with one attached hydrogen (secondary N) is 1. The molecule has 3 aromatic rings. The lowest BCUT2D eigenvalue weighted by Crippen LogP contribution is -2.43. The number of para-hydroxylation sites is 1. The Bertz CT molecular complexity index is 1190. The Balaban J connectivity index is 1.49. The summed E-state index contributed by atoms with van der Waals surface area (Å²) in [5.41, 5.74) is 14.9. The van der Waals surface area contributed by atoms with Gasteiger partial charge in [-0.15, -0.1) is 0 Å². The van der Waals surface area contributed by atoms with Gasteiger partial charge < -0.3 is 21.7 Å². The second kappa shape index (κ2) is 8.84. The number of aryl methyl sites for hydroxylation is 2. The van der Waals surface area contributed by atoms with Crippen molar-refractivity contribution in [1.82, 2.24) is 9.47 Å². The molecule has 5 N–H and O–H groups in total. The number of carbonyl (C=O) groups excluding carboxylic acids is 3. The Morgan fingerprint density at radius 2 is 1.91 bits per heavy atom. The first-order valence-corrected chi connectivity index (χ1v) is 10.6. The second-order valence-corrected chi connectivity index (χ2v) is 8.32. The SMILES string of the molecule is Cc1cccc(CCC(=O)[C@@H]2C[C@H](N)CN2C(=O)Nc2cn(C(N)=O)c3ccccc23)c1. The average molecular weight is 434 g/mol. The van der Waals surface area contributed by atoms with E-state index >= 15 is 0 Å². The number of Topliss-reactive ketones (excluding diaryl/α,β-unsaturated/α-hetero) is 1. The first-order valence-electron chi connectivity index (χ1n) is 10.6. The van der Waals surface area contributed by atoms with Crippen LogP contribution in [0.2, 0.25) is 0 Å². The highest BCUT2D eigenvalue weighted by molar-refractivity contribution is 6.05. The zero-order chi connectivity index (χ0) is 22.8. The van der Waals surface area contributed by atoms with Crippen molar-refractivity contribution in [3.8, 4) is 0 Å². The molecule has 4 rings (SSSR count). The largest absolute Gasteiger partial charge is 0.351 e. The molecule has 2 atom stereocenters. The fourth-order valence-electron chi connectivity index (χ4n) is 4.35. The van der Waals surface area contributed by atoms with Gasteiger partial charge in [-0.2, -0.15) is 0 Å². The molecule has 1 fully saturated rings. The third kappa shape index (κ3) is 4.36. The first kappa shape index (κ1) is 21.6. The van der Waals surface area contributed by atoms with Crippen molar-refractivity contribution >= 4 is 34.4 Å². The van der Waals surface area contributed by atoms with Crippen LogP contribution >= 0.6 is 0 Å². The lowest BCUT2D eigenvalue weighted by molar-refractivity contribution is -0.122. The molecule has 1 aliphatic rings. The molecule has 0 saturated carbocycles. The van der Waals surface area contributed by atoms with E-state index in [1.54, 1.807) is 18.2 Å². The number of nitrogens with zero attached hydrogens (tertiary/aromatic N) is 2. The van der Waals surface area contributed by atoms with Crippen LogP contribution in [0.1, 0.15) is 24.0 Å². The van der Waals surface area contributed by atoms with Gasteiger partial charge >= 0.3 is 12.1 Å². The fourth-order valence-corrected chi connectivity index (χ4v) is 4.35. The van der Waals surface area contributed by atoms with E-state index in [1.807, 2.05) is 31.2 Å². The summed E-state index contributed by atoms with van der Waals surface area (Å²) in [6, 6.07) is 13.3. The van der Waals surface area contributed by atoms with Gasteiger partial charge in [0.25, 0.3) is 0 Å². The maximum absolute atomic E-state index is 13.1. The van der Waals surface area contributed by atoms with E-state index in [0.717, 1.165) is 11.1 Å². The van der Waals surface area contributed by atoms with Gasteiger partial charge in [-0.05, 0) is 31.4 Å². The van der Waals surface area contributed by atoms with E-state index in [1.165, 1.54) is 15.7 Å². The van der Waals surface area contributed by atoms with Crippen LogP contribution in [0.5, 0.6) is 0 Å². The number of hydrogen-bond acceptors (Lipinski definition) is 4. The number of hydrogen-bond donors (Lipinski definition) is 3. The van der Waals surface area contributed by atoms with E-state index in [9.17, 15) is 14.4 Å². The van der Waals surface area contributed by atoms with Crippen molar-refractivity contribution in [3.05, 3.63) is 65.9 Å². The highest BCUT2D eigenvalue weighted by atomic mass is 16.2. The summed E-state index contributed by atoms with van der Waals surface area (Å²) in [5.74, 6) is -0.00540. The number of anilines is 1. The van der Waals surface area contributed by atoms with Gasteiger partial charge in [0.15, 0.2) is 5.78 Å². The molecular weight excluding hydrogens is 406 g/mol. The number of benzene rings is 2. The minimum atomic E-state index is -0.644. The molecule has 1 aromatic heterocycles. The van der Waals surface area contributed by atoms with Crippen LogP contribution in [0.3, 0.4) is 0 Å². The third-order valence-electron chi connectivity index (χ3n) is 5.90. The number of rotatable bonds is 5. The Kier molecular flexibility index (Phi) is 5.96. The van der Waals surface area contributed by atoms with Gasteiger partial charge in [-0.25, -0.2) is 9.59 Å². The normalized spacial score (nSPS) is 18.1. The zero-order valence-corrected chi connectivity index (χ0v) is 18.0. The van der Waals surface area contributed by atoms with Crippen LogP contribution < -0.4 is 16.8 Å². The van der Waals surface area contributed by atoms with E-state index in [-0.39, 0.29) is 11.8 Å². The molecule has 166 valence electrons. The third-order valence-corrected chi connectivity index (χ3v) is 5.90. The second-order valence-electron chi connectivity index (χ2n) is 8.32. The molecule has 2 aromatic carbocycles. The predicted octanol–water partition coefficient (Wildman–Crippen LogP) is 3.01. The van der Waals surface area contributed by atoms with Crippen LogP contribution in [0, 0.1) is 6.92 Å². The molecule has 0 bridgehead atoms. The predicted molar refractivity (Wildman–Crippen MR) is 124 cm³/mol. The number of likely N-dealkylation sites (tertiary alicyclic amines) is 1. The molecule has 8 nitrogen and oxygen atoms in total. The van der Waals surface area contributed by atoms with Gasteiger partial charge in [0.2, 0.25) is 0 Å². The minimum Gasteiger partial charge on any atom is -0.351 e. The average Bonchev–Trinajstić information content (AvgIpc) is 3.33. The molecule has 1 saturated heterocycles. The first-order chi connectivity index (χ1) is 15.3. The van der Waals surface area contributed by atoms with Crippen LogP contribution in [-0.4, -0.2) is 45.9 Å². The minimum absolute atomic E-state index is 0.00540. The molecule has 1 aliphatic heterocycles.